The average Bonchev–Trinajstić information content (AvgIpc) is 2.89. The number of alkyl halides is 3. The van der Waals surface area contributed by atoms with Crippen LogP contribution in [0, 0.1) is 5.92 Å². The molecule has 0 spiro atoms. The summed E-state index contributed by atoms with van der Waals surface area (Å²) in [5.74, 6) is 0.595. The number of rotatable bonds is 1. The van der Waals surface area contributed by atoms with Crippen molar-refractivity contribution in [3.8, 4) is 0 Å². The Kier molecular flexibility index (Phi) is 2.27. The first-order chi connectivity index (χ1) is 8.00. The van der Waals surface area contributed by atoms with Crippen LogP contribution in [0.5, 0.6) is 0 Å². The summed E-state index contributed by atoms with van der Waals surface area (Å²) in [6, 6.07) is 5.44. The van der Waals surface area contributed by atoms with Crippen LogP contribution in [0.3, 0.4) is 0 Å². The van der Waals surface area contributed by atoms with Crippen LogP contribution in [0.2, 0.25) is 0 Å². The minimum absolute atomic E-state index is 0.297. The molecule has 0 N–H and O–H groups in total. The Labute approximate surface area is 97.6 Å². The van der Waals surface area contributed by atoms with Crippen molar-refractivity contribution in [2.45, 2.75) is 31.0 Å². The summed E-state index contributed by atoms with van der Waals surface area (Å²) in [6.07, 6.45) is -1.24. The second-order valence-corrected chi connectivity index (χ2v) is 4.99. The van der Waals surface area contributed by atoms with Crippen LogP contribution in [-0.4, -0.2) is 6.61 Å². The molecule has 1 heterocycles. The molecule has 17 heavy (non-hydrogen) atoms. The maximum atomic E-state index is 12.5. The van der Waals surface area contributed by atoms with Crippen molar-refractivity contribution in [2.24, 2.45) is 5.92 Å². The molecule has 2 unspecified atom stereocenters. The van der Waals surface area contributed by atoms with Crippen LogP contribution in [0.4, 0.5) is 13.2 Å². The first-order valence-electron chi connectivity index (χ1n) is 5.81. The summed E-state index contributed by atoms with van der Waals surface area (Å²) in [6.45, 7) is 0.751. The lowest BCUT2D eigenvalue weighted by Crippen LogP contribution is -2.23. The summed E-state index contributed by atoms with van der Waals surface area (Å²) in [5.41, 5.74) is 0.00474. The van der Waals surface area contributed by atoms with Gasteiger partial charge in [-0.05, 0) is 42.9 Å². The van der Waals surface area contributed by atoms with Gasteiger partial charge >= 0.3 is 6.18 Å². The Morgan fingerprint density at radius 3 is 2.29 bits per heavy atom. The number of ether oxygens (including phenoxy) is 1. The normalized spacial score (nSPS) is 32.1. The summed E-state index contributed by atoms with van der Waals surface area (Å²) < 4.78 is 43.1. The molecule has 1 aliphatic heterocycles. The first-order valence-corrected chi connectivity index (χ1v) is 5.81. The van der Waals surface area contributed by atoms with Gasteiger partial charge in [0.05, 0.1) is 17.8 Å². The first kappa shape index (κ1) is 11.1. The van der Waals surface area contributed by atoms with Crippen LogP contribution in [0.1, 0.15) is 30.4 Å². The van der Waals surface area contributed by atoms with E-state index in [9.17, 15) is 13.2 Å². The molecule has 0 amide bonds. The standard InChI is InChI=1S/C13H13F3O/c14-13(15,16)11-3-1-10(2-4-11)12-6-5-9(7-12)8-17-12/h1-4,9H,5-8H2. The second-order valence-electron chi connectivity index (χ2n) is 4.99. The third-order valence-electron chi connectivity index (χ3n) is 3.91. The molecule has 4 heteroatoms. The topological polar surface area (TPSA) is 9.23 Å². The van der Waals surface area contributed by atoms with Crippen molar-refractivity contribution < 1.29 is 17.9 Å². The highest BCUT2D eigenvalue weighted by Gasteiger charge is 2.47. The number of halogens is 3. The van der Waals surface area contributed by atoms with Gasteiger partial charge in [-0.15, -0.1) is 0 Å². The third kappa shape index (κ3) is 1.75. The molecule has 2 bridgehead atoms. The predicted octanol–water partition coefficient (Wildman–Crippen LogP) is 3.73. The van der Waals surface area contributed by atoms with E-state index in [2.05, 4.69) is 0 Å². The number of benzene rings is 1. The van der Waals surface area contributed by atoms with Gasteiger partial charge in [0, 0.05) is 0 Å². The molecular formula is C13H13F3O. The largest absolute Gasteiger partial charge is 0.416 e. The molecule has 1 aliphatic carbocycles. The van der Waals surface area contributed by atoms with Crippen LogP contribution >= 0.6 is 0 Å². The number of hydrogen-bond acceptors (Lipinski definition) is 1. The van der Waals surface area contributed by atoms with Crippen LogP contribution < -0.4 is 0 Å². The fourth-order valence-electron chi connectivity index (χ4n) is 2.97. The minimum atomic E-state index is -4.26. The average molecular weight is 242 g/mol. The molecule has 1 saturated carbocycles. The molecule has 1 saturated heterocycles. The Balaban J connectivity index is 1.90. The Bertz CT molecular complexity index is 413. The monoisotopic (exact) mass is 242 g/mol. The highest BCUT2D eigenvalue weighted by atomic mass is 19.4. The number of fused-ring (bicyclic) bond motifs is 2. The smallest absolute Gasteiger partial charge is 0.370 e. The van der Waals surface area contributed by atoms with E-state index in [1.165, 1.54) is 0 Å². The van der Waals surface area contributed by atoms with Gasteiger partial charge in [-0.2, -0.15) is 13.2 Å². The molecule has 1 nitrogen and oxygen atoms in total. The van der Waals surface area contributed by atoms with Gasteiger partial charge in [0.15, 0.2) is 0 Å². The van der Waals surface area contributed by atoms with E-state index < -0.39 is 11.7 Å². The van der Waals surface area contributed by atoms with Gasteiger partial charge in [0.25, 0.3) is 0 Å². The lowest BCUT2D eigenvalue weighted by Gasteiger charge is -2.27. The van der Waals surface area contributed by atoms with E-state index in [1.54, 1.807) is 12.1 Å². The van der Waals surface area contributed by atoms with Gasteiger partial charge in [0.1, 0.15) is 0 Å². The zero-order valence-electron chi connectivity index (χ0n) is 9.26. The fourth-order valence-corrected chi connectivity index (χ4v) is 2.97. The maximum absolute atomic E-state index is 12.5. The molecule has 3 rings (SSSR count). The molecule has 1 aromatic carbocycles. The van der Waals surface area contributed by atoms with Crippen LogP contribution in [0.25, 0.3) is 0 Å². The molecule has 0 radical (unpaired) electrons. The van der Waals surface area contributed by atoms with Gasteiger partial charge < -0.3 is 4.74 Å². The zero-order valence-corrected chi connectivity index (χ0v) is 9.26. The summed E-state index contributed by atoms with van der Waals surface area (Å²) in [5, 5.41) is 0. The van der Waals surface area contributed by atoms with Gasteiger partial charge in [0.2, 0.25) is 0 Å². The fraction of sp³-hybridized carbons (Fsp3) is 0.538. The van der Waals surface area contributed by atoms with Gasteiger partial charge in [-0.3, -0.25) is 0 Å². The second kappa shape index (κ2) is 3.48. The highest BCUT2D eigenvalue weighted by molar-refractivity contribution is 5.30. The van der Waals surface area contributed by atoms with Crippen LogP contribution in [0.15, 0.2) is 24.3 Å². The minimum Gasteiger partial charge on any atom is -0.370 e. The van der Waals surface area contributed by atoms with Crippen molar-refractivity contribution in [3.63, 3.8) is 0 Å². The predicted molar refractivity (Wildman–Crippen MR) is 56.4 cm³/mol. The van der Waals surface area contributed by atoms with Gasteiger partial charge in [-0.25, -0.2) is 0 Å². The number of hydrogen-bond donors (Lipinski definition) is 0. The Morgan fingerprint density at radius 2 is 1.88 bits per heavy atom. The summed E-state index contributed by atoms with van der Waals surface area (Å²) >= 11 is 0. The molecule has 2 fully saturated rings. The van der Waals surface area contributed by atoms with E-state index in [4.69, 9.17) is 4.74 Å². The third-order valence-corrected chi connectivity index (χ3v) is 3.91. The molecular weight excluding hydrogens is 229 g/mol. The summed E-state index contributed by atoms with van der Waals surface area (Å²) in [7, 11) is 0. The lowest BCUT2D eigenvalue weighted by atomic mass is 9.91. The Morgan fingerprint density at radius 1 is 1.18 bits per heavy atom. The lowest BCUT2D eigenvalue weighted by molar-refractivity contribution is -0.137. The zero-order chi connectivity index (χ0) is 12.1. The van der Waals surface area contributed by atoms with E-state index >= 15 is 0 Å². The molecule has 92 valence electrons. The quantitative estimate of drug-likeness (QED) is 0.729. The van der Waals surface area contributed by atoms with E-state index in [0.717, 1.165) is 43.6 Å². The molecule has 2 atom stereocenters. The van der Waals surface area contributed by atoms with Crippen molar-refractivity contribution in [2.75, 3.05) is 6.61 Å². The van der Waals surface area contributed by atoms with E-state index in [-0.39, 0.29) is 5.60 Å². The maximum Gasteiger partial charge on any atom is 0.416 e. The van der Waals surface area contributed by atoms with Crippen molar-refractivity contribution >= 4 is 0 Å². The molecule has 0 aromatic heterocycles. The van der Waals surface area contributed by atoms with E-state index in [1.807, 2.05) is 0 Å². The van der Waals surface area contributed by atoms with Crippen molar-refractivity contribution in [3.05, 3.63) is 35.4 Å². The highest BCUT2D eigenvalue weighted by Crippen LogP contribution is 2.51. The summed E-state index contributed by atoms with van der Waals surface area (Å²) in [4.78, 5) is 0. The SMILES string of the molecule is FC(F)(F)c1ccc(C23CCC(CO2)C3)cc1. The van der Waals surface area contributed by atoms with E-state index in [0.29, 0.717) is 5.92 Å². The van der Waals surface area contributed by atoms with Crippen molar-refractivity contribution in [1.29, 1.82) is 0 Å². The van der Waals surface area contributed by atoms with Crippen molar-refractivity contribution in [1.82, 2.24) is 0 Å². The van der Waals surface area contributed by atoms with Gasteiger partial charge in [-0.1, -0.05) is 12.1 Å². The van der Waals surface area contributed by atoms with Crippen LogP contribution in [-0.2, 0) is 16.5 Å². The molecule has 2 aliphatic rings. The Hall–Kier alpha value is -1.03. The molecule has 1 aromatic rings.